The molecule has 2 atom stereocenters. The molecule has 3 rings (SSSR count). The van der Waals surface area contributed by atoms with Crippen LogP contribution in [0.4, 0.5) is 0 Å². The van der Waals surface area contributed by atoms with E-state index in [0.717, 1.165) is 45.0 Å². The standard InChI is InChI=1S/C19H28N2O3.CH2O2/c1-2-3-17-13-24-14-18-12-20(8-9-21(17)18)11-16-6-4-15(5-7-16)10-19(22)23;2-1-3/h4-7,17-18H,2-3,8-14H2,1H3,(H,22,23);1H,(H,2,3)/t17-,18+;/m0./s1. The number of hydrogen-bond acceptors (Lipinski definition) is 5. The Morgan fingerprint density at radius 2 is 1.89 bits per heavy atom. The second-order valence-electron chi connectivity index (χ2n) is 7.10. The van der Waals surface area contributed by atoms with E-state index in [9.17, 15) is 4.79 Å². The van der Waals surface area contributed by atoms with Crippen molar-refractivity contribution in [1.29, 1.82) is 0 Å². The van der Waals surface area contributed by atoms with Crippen molar-refractivity contribution in [3.05, 3.63) is 35.4 Å². The van der Waals surface area contributed by atoms with Gasteiger partial charge in [-0.3, -0.25) is 19.4 Å². The predicted octanol–water partition coefficient (Wildman–Crippen LogP) is 1.70. The lowest BCUT2D eigenvalue weighted by Crippen LogP contribution is -2.61. The van der Waals surface area contributed by atoms with Crippen molar-refractivity contribution in [3.63, 3.8) is 0 Å². The van der Waals surface area contributed by atoms with Crippen molar-refractivity contribution in [2.24, 2.45) is 0 Å². The molecule has 0 radical (unpaired) electrons. The third kappa shape index (κ3) is 6.61. The maximum atomic E-state index is 10.8. The summed E-state index contributed by atoms with van der Waals surface area (Å²) in [6.45, 7) is 7.91. The number of carboxylic acid groups (broad SMARTS) is 2. The van der Waals surface area contributed by atoms with Crippen LogP contribution in [0.1, 0.15) is 30.9 Å². The molecule has 0 aliphatic carbocycles. The van der Waals surface area contributed by atoms with Crippen LogP contribution in [-0.4, -0.2) is 77.4 Å². The van der Waals surface area contributed by atoms with Crippen LogP contribution in [0.3, 0.4) is 0 Å². The van der Waals surface area contributed by atoms with E-state index >= 15 is 0 Å². The van der Waals surface area contributed by atoms with Gasteiger partial charge >= 0.3 is 5.97 Å². The molecular formula is C20H30N2O5. The second-order valence-corrected chi connectivity index (χ2v) is 7.10. The normalized spacial score (nSPS) is 23.0. The van der Waals surface area contributed by atoms with Crippen LogP contribution < -0.4 is 0 Å². The first-order valence-corrected chi connectivity index (χ1v) is 9.50. The Labute approximate surface area is 160 Å². The number of carbonyl (C=O) groups is 2. The fourth-order valence-corrected chi connectivity index (χ4v) is 3.92. The Hall–Kier alpha value is -1.96. The van der Waals surface area contributed by atoms with E-state index in [1.165, 1.54) is 18.4 Å². The topological polar surface area (TPSA) is 90.3 Å². The van der Waals surface area contributed by atoms with E-state index in [0.29, 0.717) is 12.1 Å². The highest BCUT2D eigenvalue weighted by atomic mass is 16.5. The van der Waals surface area contributed by atoms with Gasteiger partial charge in [0, 0.05) is 38.3 Å². The Kier molecular flexibility index (Phi) is 8.71. The fraction of sp³-hybridized carbons (Fsp3) is 0.600. The van der Waals surface area contributed by atoms with Gasteiger partial charge in [0.1, 0.15) is 0 Å². The van der Waals surface area contributed by atoms with Gasteiger partial charge in [0.15, 0.2) is 0 Å². The van der Waals surface area contributed by atoms with Crippen molar-refractivity contribution in [1.82, 2.24) is 9.80 Å². The van der Waals surface area contributed by atoms with Crippen molar-refractivity contribution >= 4 is 12.4 Å². The summed E-state index contributed by atoms with van der Waals surface area (Å²) in [4.78, 5) is 24.3. The summed E-state index contributed by atoms with van der Waals surface area (Å²) in [5, 5.41) is 15.7. The van der Waals surface area contributed by atoms with E-state index in [1.807, 2.05) is 12.1 Å². The van der Waals surface area contributed by atoms with Crippen LogP contribution in [0.25, 0.3) is 0 Å². The summed E-state index contributed by atoms with van der Waals surface area (Å²) in [6.07, 6.45) is 2.53. The minimum absolute atomic E-state index is 0.0944. The van der Waals surface area contributed by atoms with Crippen LogP contribution in [0.5, 0.6) is 0 Å². The number of piperazine rings is 1. The zero-order valence-electron chi connectivity index (χ0n) is 15.9. The minimum Gasteiger partial charge on any atom is -0.483 e. The van der Waals surface area contributed by atoms with Gasteiger partial charge in [0.2, 0.25) is 0 Å². The molecule has 2 N–H and O–H groups in total. The lowest BCUT2D eigenvalue weighted by Gasteiger charge is -2.48. The van der Waals surface area contributed by atoms with Gasteiger partial charge in [-0.15, -0.1) is 0 Å². The first-order chi connectivity index (χ1) is 13.1. The first-order valence-electron chi connectivity index (χ1n) is 9.50. The molecule has 0 bridgehead atoms. The highest BCUT2D eigenvalue weighted by Gasteiger charge is 2.34. The molecule has 150 valence electrons. The third-order valence-electron chi connectivity index (χ3n) is 5.11. The molecule has 0 amide bonds. The highest BCUT2D eigenvalue weighted by Crippen LogP contribution is 2.22. The van der Waals surface area contributed by atoms with E-state index < -0.39 is 5.97 Å². The van der Waals surface area contributed by atoms with Gasteiger partial charge in [-0.25, -0.2) is 0 Å². The number of benzene rings is 1. The van der Waals surface area contributed by atoms with E-state index in [1.54, 1.807) is 0 Å². The monoisotopic (exact) mass is 378 g/mol. The Morgan fingerprint density at radius 1 is 1.22 bits per heavy atom. The summed E-state index contributed by atoms with van der Waals surface area (Å²) in [5.41, 5.74) is 2.11. The zero-order chi connectivity index (χ0) is 19.6. The largest absolute Gasteiger partial charge is 0.483 e. The van der Waals surface area contributed by atoms with Gasteiger partial charge in [-0.2, -0.15) is 0 Å². The van der Waals surface area contributed by atoms with Crippen LogP contribution in [0.15, 0.2) is 24.3 Å². The number of fused-ring (bicyclic) bond motifs is 1. The second kappa shape index (κ2) is 11.0. The number of carboxylic acids is 1. The molecule has 0 aromatic heterocycles. The third-order valence-corrected chi connectivity index (χ3v) is 5.11. The van der Waals surface area contributed by atoms with Crippen LogP contribution in [0.2, 0.25) is 0 Å². The van der Waals surface area contributed by atoms with Crippen molar-refractivity contribution in [2.75, 3.05) is 32.8 Å². The fourth-order valence-electron chi connectivity index (χ4n) is 3.92. The highest BCUT2D eigenvalue weighted by molar-refractivity contribution is 5.70. The van der Waals surface area contributed by atoms with Gasteiger partial charge in [0.25, 0.3) is 6.47 Å². The summed E-state index contributed by atoms with van der Waals surface area (Å²) in [5.74, 6) is -0.780. The number of rotatable bonds is 6. The average molecular weight is 378 g/mol. The molecule has 1 aromatic carbocycles. The number of ether oxygens (including phenoxy) is 1. The van der Waals surface area contributed by atoms with E-state index in [2.05, 4.69) is 28.9 Å². The number of hydrogen-bond donors (Lipinski definition) is 2. The molecular weight excluding hydrogens is 348 g/mol. The maximum Gasteiger partial charge on any atom is 0.307 e. The molecule has 0 unspecified atom stereocenters. The molecule has 0 spiro atoms. The molecule has 2 heterocycles. The Bertz CT molecular complexity index is 591. The SMILES string of the molecule is CCC[C@H]1COC[C@H]2CN(Cc3ccc(CC(=O)O)cc3)CCN12.O=CO. The molecule has 7 heteroatoms. The van der Waals surface area contributed by atoms with Crippen molar-refractivity contribution in [2.45, 2.75) is 44.8 Å². The average Bonchev–Trinajstić information content (AvgIpc) is 2.64. The molecule has 2 aliphatic rings. The number of nitrogens with zero attached hydrogens (tertiary/aromatic N) is 2. The molecule has 27 heavy (non-hydrogen) atoms. The van der Waals surface area contributed by atoms with E-state index in [4.69, 9.17) is 19.7 Å². The van der Waals surface area contributed by atoms with E-state index in [-0.39, 0.29) is 12.9 Å². The minimum atomic E-state index is -0.780. The maximum absolute atomic E-state index is 10.8. The van der Waals surface area contributed by atoms with Crippen molar-refractivity contribution < 1.29 is 24.5 Å². The summed E-state index contributed by atoms with van der Waals surface area (Å²) < 4.78 is 5.83. The number of morpholine rings is 1. The number of aliphatic carboxylic acids is 1. The smallest absolute Gasteiger partial charge is 0.307 e. The van der Waals surface area contributed by atoms with Gasteiger partial charge in [0.05, 0.1) is 19.6 Å². The summed E-state index contributed by atoms with van der Waals surface area (Å²) >= 11 is 0. The van der Waals surface area contributed by atoms with Crippen LogP contribution >= 0.6 is 0 Å². The lowest BCUT2D eigenvalue weighted by molar-refractivity contribution is -0.136. The van der Waals surface area contributed by atoms with Crippen LogP contribution in [0, 0.1) is 0 Å². The molecule has 0 saturated carbocycles. The predicted molar refractivity (Wildman–Crippen MR) is 102 cm³/mol. The van der Waals surface area contributed by atoms with Crippen LogP contribution in [-0.2, 0) is 27.3 Å². The van der Waals surface area contributed by atoms with Crippen molar-refractivity contribution in [3.8, 4) is 0 Å². The Balaban J connectivity index is 0.000000817. The van der Waals surface area contributed by atoms with Gasteiger partial charge < -0.3 is 14.9 Å². The molecule has 7 nitrogen and oxygen atoms in total. The van der Waals surface area contributed by atoms with Gasteiger partial charge in [-0.1, -0.05) is 37.6 Å². The first kappa shape index (κ1) is 21.3. The Morgan fingerprint density at radius 3 is 2.52 bits per heavy atom. The lowest BCUT2D eigenvalue weighted by atomic mass is 10.0. The van der Waals surface area contributed by atoms with Gasteiger partial charge in [-0.05, 0) is 17.5 Å². The zero-order valence-corrected chi connectivity index (χ0v) is 15.9. The summed E-state index contributed by atoms with van der Waals surface area (Å²) in [7, 11) is 0. The molecule has 2 fully saturated rings. The quantitative estimate of drug-likeness (QED) is 0.728. The molecule has 1 aromatic rings. The summed E-state index contributed by atoms with van der Waals surface area (Å²) in [6, 6.07) is 9.08. The molecule has 2 saturated heterocycles. The molecule has 2 aliphatic heterocycles.